The Morgan fingerprint density at radius 3 is 2.64 bits per heavy atom. The normalized spacial score (nSPS) is 12.6. The van der Waals surface area contributed by atoms with Crippen LogP contribution in [0.1, 0.15) is 17.3 Å². The molecule has 1 aromatic heterocycles. The maximum atomic E-state index is 4.92. The number of ether oxygens (including phenoxy) is 1. The highest BCUT2D eigenvalue weighted by Gasteiger charge is 2.00. The molecule has 1 atom stereocenters. The lowest BCUT2D eigenvalue weighted by atomic mass is 10.2. The summed E-state index contributed by atoms with van der Waals surface area (Å²) in [6, 6.07) is 3.85. The number of alkyl halides is 1. The predicted octanol–water partition coefficient (Wildman–Crippen LogP) is 2.55. The van der Waals surface area contributed by atoms with Crippen molar-refractivity contribution in [2.24, 2.45) is 0 Å². The van der Waals surface area contributed by atoms with Gasteiger partial charge in [0.15, 0.2) is 0 Å². The van der Waals surface area contributed by atoms with Crippen LogP contribution in [-0.2, 0) is 0 Å². The molecule has 1 rings (SSSR count). The number of pyridine rings is 1. The van der Waals surface area contributed by atoms with Gasteiger partial charge in [0.25, 0.3) is 0 Å². The Morgan fingerprint density at radius 2 is 2.27 bits per heavy atom. The molecule has 0 amide bonds. The average Bonchev–Trinajstić information content (AvgIpc) is 2.05. The molecule has 1 aromatic rings. The molecule has 1 heterocycles. The molecule has 60 valence electrons. The van der Waals surface area contributed by atoms with Gasteiger partial charge in [0, 0.05) is 17.1 Å². The van der Waals surface area contributed by atoms with Crippen LogP contribution in [0.5, 0.6) is 5.88 Å². The lowest BCUT2D eigenvalue weighted by Crippen LogP contribution is -1.89. The van der Waals surface area contributed by atoms with Crippen molar-refractivity contribution in [2.45, 2.75) is 11.8 Å². The van der Waals surface area contributed by atoms with Crippen molar-refractivity contribution < 1.29 is 4.74 Å². The van der Waals surface area contributed by atoms with Crippen LogP contribution >= 0.6 is 15.9 Å². The van der Waals surface area contributed by atoms with E-state index in [2.05, 4.69) is 27.8 Å². The monoisotopic (exact) mass is 215 g/mol. The third kappa shape index (κ3) is 2.19. The first-order chi connectivity index (χ1) is 5.24. The van der Waals surface area contributed by atoms with Crippen molar-refractivity contribution in [1.29, 1.82) is 0 Å². The lowest BCUT2D eigenvalue weighted by molar-refractivity contribution is 0.397. The zero-order chi connectivity index (χ0) is 8.27. The standard InChI is InChI=1S/C8H10BrNO/c1-6(9)7-3-4-8(11-2)10-5-7/h3-6H,1-2H3/t6-/m0/s1. The highest BCUT2D eigenvalue weighted by molar-refractivity contribution is 9.09. The first kappa shape index (κ1) is 8.53. The highest BCUT2D eigenvalue weighted by Crippen LogP contribution is 2.21. The molecule has 0 saturated carbocycles. The van der Waals surface area contributed by atoms with Gasteiger partial charge in [-0.15, -0.1) is 0 Å². The van der Waals surface area contributed by atoms with Crippen LogP contribution in [0, 0.1) is 0 Å². The molecule has 0 fully saturated rings. The maximum absolute atomic E-state index is 4.92. The highest BCUT2D eigenvalue weighted by atomic mass is 79.9. The van der Waals surface area contributed by atoms with Crippen LogP contribution in [0.15, 0.2) is 18.3 Å². The molecule has 0 aliphatic heterocycles. The lowest BCUT2D eigenvalue weighted by Gasteiger charge is -2.03. The van der Waals surface area contributed by atoms with E-state index in [9.17, 15) is 0 Å². The zero-order valence-electron chi connectivity index (χ0n) is 6.54. The van der Waals surface area contributed by atoms with Crippen LogP contribution in [0.25, 0.3) is 0 Å². The Hall–Kier alpha value is -0.570. The van der Waals surface area contributed by atoms with E-state index in [1.807, 2.05) is 12.1 Å². The van der Waals surface area contributed by atoms with Gasteiger partial charge in [0.1, 0.15) is 0 Å². The smallest absolute Gasteiger partial charge is 0.212 e. The van der Waals surface area contributed by atoms with Crippen molar-refractivity contribution in [1.82, 2.24) is 4.98 Å². The van der Waals surface area contributed by atoms with Crippen LogP contribution in [0.4, 0.5) is 0 Å². The molecule has 0 aliphatic rings. The molecule has 2 nitrogen and oxygen atoms in total. The predicted molar refractivity (Wildman–Crippen MR) is 48.1 cm³/mol. The molecule has 0 spiro atoms. The number of methoxy groups -OCH3 is 1. The van der Waals surface area contributed by atoms with Crippen molar-refractivity contribution in [3.8, 4) is 5.88 Å². The zero-order valence-corrected chi connectivity index (χ0v) is 8.13. The molecule has 0 aromatic carbocycles. The molecule has 3 heteroatoms. The topological polar surface area (TPSA) is 22.1 Å². The summed E-state index contributed by atoms with van der Waals surface area (Å²) < 4.78 is 4.92. The van der Waals surface area contributed by atoms with Gasteiger partial charge in [0.2, 0.25) is 5.88 Å². The van der Waals surface area contributed by atoms with E-state index in [1.165, 1.54) is 0 Å². The Morgan fingerprint density at radius 1 is 1.55 bits per heavy atom. The van der Waals surface area contributed by atoms with E-state index in [1.54, 1.807) is 13.3 Å². The molecule has 0 N–H and O–H groups in total. The van der Waals surface area contributed by atoms with Gasteiger partial charge in [-0.25, -0.2) is 4.98 Å². The fraction of sp³-hybridized carbons (Fsp3) is 0.375. The summed E-state index contributed by atoms with van der Waals surface area (Å²) in [5.74, 6) is 0.655. The van der Waals surface area contributed by atoms with E-state index in [-0.39, 0.29) is 0 Å². The molecule has 0 bridgehead atoms. The molecule has 11 heavy (non-hydrogen) atoms. The van der Waals surface area contributed by atoms with E-state index < -0.39 is 0 Å². The fourth-order valence-electron chi connectivity index (χ4n) is 0.748. The SMILES string of the molecule is COc1ccc([C@H](C)Br)cn1. The summed E-state index contributed by atoms with van der Waals surface area (Å²) in [6.45, 7) is 2.06. The minimum atomic E-state index is 0.348. The molecule has 0 radical (unpaired) electrons. The fourth-order valence-corrected chi connectivity index (χ4v) is 1.02. The first-order valence-corrected chi connectivity index (χ1v) is 4.29. The first-order valence-electron chi connectivity index (χ1n) is 3.38. The number of aromatic nitrogens is 1. The quantitative estimate of drug-likeness (QED) is 0.708. The summed E-state index contributed by atoms with van der Waals surface area (Å²) >= 11 is 3.45. The number of nitrogens with zero attached hydrogens (tertiary/aromatic N) is 1. The van der Waals surface area contributed by atoms with Crippen LogP contribution < -0.4 is 4.74 Å². The number of rotatable bonds is 2. The Kier molecular flexibility index (Phi) is 2.88. The Balaban J connectivity index is 2.83. The van der Waals surface area contributed by atoms with Gasteiger partial charge in [-0.3, -0.25) is 0 Å². The summed E-state index contributed by atoms with van der Waals surface area (Å²) in [5, 5.41) is 0. The van der Waals surface area contributed by atoms with E-state index in [4.69, 9.17) is 4.74 Å². The second-order valence-electron chi connectivity index (χ2n) is 2.25. The Bertz CT molecular complexity index is 220. The third-order valence-corrected chi connectivity index (χ3v) is 1.96. The summed E-state index contributed by atoms with van der Waals surface area (Å²) in [7, 11) is 1.61. The minimum Gasteiger partial charge on any atom is -0.481 e. The van der Waals surface area contributed by atoms with Gasteiger partial charge in [-0.05, 0) is 12.5 Å². The van der Waals surface area contributed by atoms with Gasteiger partial charge >= 0.3 is 0 Å². The van der Waals surface area contributed by atoms with Crippen molar-refractivity contribution in [3.05, 3.63) is 23.9 Å². The minimum absolute atomic E-state index is 0.348. The van der Waals surface area contributed by atoms with Crippen molar-refractivity contribution in [3.63, 3.8) is 0 Å². The molecular weight excluding hydrogens is 206 g/mol. The second-order valence-corrected chi connectivity index (χ2v) is 3.62. The van der Waals surface area contributed by atoms with Gasteiger partial charge in [-0.2, -0.15) is 0 Å². The van der Waals surface area contributed by atoms with E-state index in [0.717, 1.165) is 5.56 Å². The molecule has 0 unspecified atom stereocenters. The van der Waals surface area contributed by atoms with Crippen LogP contribution in [0.3, 0.4) is 0 Å². The van der Waals surface area contributed by atoms with Crippen molar-refractivity contribution in [2.75, 3.05) is 7.11 Å². The molecular formula is C8H10BrNO. The molecule has 0 aliphatic carbocycles. The Labute approximate surface area is 74.7 Å². The van der Waals surface area contributed by atoms with E-state index >= 15 is 0 Å². The van der Waals surface area contributed by atoms with Gasteiger partial charge in [0.05, 0.1) is 7.11 Å². The summed E-state index contributed by atoms with van der Waals surface area (Å²) in [6.07, 6.45) is 1.80. The van der Waals surface area contributed by atoms with E-state index in [0.29, 0.717) is 10.7 Å². The molecule has 0 saturated heterocycles. The largest absolute Gasteiger partial charge is 0.481 e. The number of halogens is 1. The summed E-state index contributed by atoms with van der Waals surface area (Å²) in [5.41, 5.74) is 1.16. The number of hydrogen-bond donors (Lipinski definition) is 0. The maximum Gasteiger partial charge on any atom is 0.212 e. The van der Waals surface area contributed by atoms with Crippen LogP contribution in [-0.4, -0.2) is 12.1 Å². The van der Waals surface area contributed by atoms with Gasteiger partial charge < -0.3 is 4.74 Å². The third-order valence-electron chi connectivity index (χ3n) is 1.43. The average molecular weight is 216 g/mol. The van der Waals surface area contributed by atoms with Gasteiger partial charge in [-0.1, -0.05) is 22.0 Å². The second kappa shape index (κ2) is 3.72. The number of hydrogen-bond acceptors (Lipinski definition) is 2. The van der Waals surface area contributed by atoms with Crippen LogP contribution in [0.2, 0.25) is 0 Å². The summed E-state index contributed by atoms with van der Waals surface area (Å²) in [4.78, 5) is 4.41. The van der Waals surface area contributed by atoms with Crippen molar-refractivity contribution >= 4 is 15.9 Å².